The molecule has 0 atom stereocenters. The summed E-state index contributed by atoms with van der Waals surface area (Å²) in [7, 11) is 0. The molecule has 0 aliphatic carbocycles. The number of hydrogen-bond donors (Lipinski definition) is 2. The third-order valence-electron chi connectivity index (χ3n) is 5.65. The Morgan fingerprint density at radius 2 is 1.53 bits per heavy atom. The van der Waals surface area contributed by atoms with Gasteiger partial charge in [-0.3, -0.25) is 9.59 Å². The SMILES string of the molecule is O=C(CNC(=O)c1cccc2ccccc12)NN=Cc1cn(-c2ccccc2)nc1-c1ccccc1. The average molecular weight is 474 g/mol. The van der Waals surface area contributed by atoms with Gasteiger partial charge in [0.25, 0.3) is 11.8 Å². The number of hydrogen-bond acceptors (Lipinski definition) is 4. The summed E-state index contributed by atoms with van der Waals surface area (Å²) < 4.78 is 1.77. The van der Waals surface area contributed by atoms with Crippen LogP contribution in [-0.4, -0.2) is 34.4 Å². The minimum absolute atomic E-state index is 0.200. The van der Waals surface area contributed by atoms with Crippen molar-refractivity contribution in [1.29, 1.82) is 0 Å². The van der Waals surface area contributed by atoms with Crippen molar-refractivity contribution in [3.05, 3.63) is 120 Å². The molecule has 0 bridgehead atoms. The Bertz CT molecular complexity index is 1540. The van der Waals surface area contributed by atoms with E-state index in [1.165, 1.54) is 0 Å². The van der Waals surface area contributed by atoms with Crippen molar-refractivity contribution in [3.8, 4) is 16.9 Å². The third-order valence-corrected chi connectivity index (χ3v) is 5.65. The number of para-hydroxylation sites is 1. The molecular weight excluding hydrogens is 450 g/mol. The molecule has 0 spiro atoms. The van der Waals surface area contributed by atoms with E-state index in [-0.39, 0.29) is 12.5 Å². The number of hydrazone groups is 1. The Kier molecular flexibility index (Phi) is 6.62. The van der Waals surface area contributed by atoms with Crippen LogP contribution in [0.1, 0.15) is 15.9 Å². The van der Waals surface area contributed by atoms with E-state index in [9.17, 15) is 9.59 Å². The summed E-state index contributed by atoms with van der Waals surface area (Å²) in [4.78, 5) is 25.0. The van der Waals surface area contributed by atoms with Crippen LogP contribution in [0.25, 0.3) is 27.7 Å². The molecule has 0 saturated carbocycles. The van der Waals surface area contributed by atoms with Gasteiger partial charge in [-0.05, 0) is 29.0 Å². The predicted molar refractivity (Wildman–Crippen MR) is 141 cm³/mol. The van der Waals surface area contributed by atoms with Gasteiger partial charge in [-0.25, -0.2) is 10.1 Å². The van der Waals surface area contributed by atoms with E-state index in [0.717, 1.165) is 33.3 Å². The van der Waals surface area contributed by atoms with Gasteiger partial charge in [0.15, 0.2) is 0 Å². The Labute approximate surface area is 208 Å². The summed E-state index contributed by atoms with van der Waals surface area (Å²) in [6, 6.07) is 32.6. The van der Waals surface area contributed by atoms with E-state index >= 15 is 0 Å². The summed E-state index contributed by atoms with van der Waals surface area (Å²) in [5.41, 5.74) is 6.32. The maximum atomic E-state index is 12.7. The number of nitrogens with one attached hydrogen (secondary N) is 2. The molecule has 176 valence electrons. The third kappa shape index (κ3) is 5.05. The van der Waals surface area contributed by atoms with Gasteiger partial charge in [0, 0.05) is 22.9 Å². The molecule has 1 heterocycles. The standard InChI is InChI=1S/C29H23N5O2/c35-27(19-30-29(36)26-17-9-13-21-10-7-8-16-25(21)26)32-31-18-23-20-34(24-14-5-2-6-15-24)33-28(23)22-11-3-1-4-12-22/h1-18,20H,19H2,(H,30,36)(H,32,35). The average Bonchev–Trinajstić information content (AvgIpc) is 3.36. The van der Waals surface area contributed by atoms with Crippen molar-refractivity contribution in [2.75, 3.05) is 6.54 Å². The Balaban J connectivity index is 1.27. The fourth-order valence-corrected chi connectivity index (χ4v) is 3.91. The summed E-state index contributed by atoms with van der Waals surface area (Å²) >= 11 is 0. The first kappa shape index (κ1) is 22.7. The number of carbonyl (C=O) groups excluding carboxylic acids is 2. The molecule has 0 saturated heterocycles. The summed E-state index contributed by atoms with van der Waals surface area (Å²) in [5.74, 6) is -0.752. The van der Waals surface area contributed by atoms with E-state index in [2.05, 4.69) is 15.8 Å². The maximum absolute atomic E-state index is 12.7. The number of aromatic nitrogens is 2. The van der Waals surface area contributed by atoms with E-state index < -0.39 is 5.91 Å². The fraction of sp³-hybridized carbons (Fsp3) is 0.0345. The highest BCUT2D eigenvalue weighted by atomic mass is 16.2. The summed E-state index contributed by atoms with van der Waals surface area (Å²) in [6.45, 7) is -0.200. The number of benzene rings is 4. The van der Waals surface area contributed by atoms with Gasteiger partial charge in [0.05, 0.1) is 18.4 Å². The molecule has 0 aliphatic heterocycles. The first-order chi connectivity index (χ1) is 17.7. The van der Waals surface area contributed by atoms with Crippen molar-refractivity contribution >= 4 is 28.8 Å². The van der Waals surface area contributed by atoms with Gasteiger partial charge in [0.2, 0.25) is 0 Å². The van der Waals surface area contributed by atoms with Crippen molar-refractivity contribution < 1.29 is 9.59 Å². The molecule has 0 unspecified atom stereocenters. The highest BCUT2D eigenvalue weighted by Gasteiger charge is 2.12. The molecule has 2 amide bonds. The second-order valence-corrected chi connectivity index (χ2v) is 8.08. The molecular formula is C29H23N5O2. The van der Waals surface area contributed by atoms with E-state index in [1.54, 1.807) is 17.0 Å². The molecule has 0 radical (unpaired) electrons. The zero-order chi connectivity index (χ0) is 24.7. The van der Waals surface area contributed by atoms with Crippen LogP contribution < -0.4 is 10.7 Å². The van der Waals surface area contributed by atoms with E-state index in [0.29, 0.717) is 5.56 Å². The normalized spacial score (nSPS) is 11.0. The van der Waals surface area contributed by atoms with Crippen molar-refractivity contribution in [1.82, 2.24) is 20.5 Å². The quantitative estimate of drug-likeness (QED) is 0.268. The molecule has 36 heavy (non-hydrogen) atoms. The van der Waals surface area contributed by atoms with Crippen LogP contribution in [0, 0.1) is 0 Å². The van der Waals surface area contributed by atoms with Gasteiger partial charge < -0.3 is 5.32 Å². The zero-order valence-corrected chi connectivity index (χ0v) is 19.3. The molecule has 5 aromatic rings. The van der Waals surface area contributed by atoms with Crippen LogP contribution in [0.2, 0.25) is 0 Å². The zero-order valence-electron chi connectivity index (χ0n) is 19.3. The molecule has 5 rings (SSSR count). The lowest BCUT2D eigenvalue weighted by molar-refractivity contribution is -0.120. The maximum Gasteiger partial charge on any atom is 0.259 e. The first-order valence-electron chi connectivity index (χ1n) is 11.5. The largest absolute Gasteiger partial charge is 0.343 e. The van der Waals surface area contributed by atoms with Gasteiger partial charge in [0.1, 0.15) is 5.69 Å². The van der Waals surface area contributed by atoms with Crippen LogP contribution in [0.5, 0.6) is 0 Å². The molecule has 0 fully saturated rings. The molecule has 2 N–H and O–H groups in total. The first-order valence-corrected chi connectivity index (χ1v) is 11.5. The predicted octanol–water partition coefficient (Wildman–Crippen LogP) is 4.57. The second-order valence-electron chi connectivity index (χ2n) is 8.08. The van der Waals surface area contributed by atoms with Gasteiger partial charge >= 0.3 is 0 Å². The lowest BCUT2D eigenvalue weighted by atomic mass is 10.0. The Morgan fingerprint density at radius 1 is 0.833 bits per heavy atom. The molecule has 0 aliphatic rings. The summed E-state index contributed by atoms with van der Waals surface area (Å²) in [6.07, 6.45) is 3.41. The van der Waals surface area contributed by atoms with Gasteiger partial charge in [-0.15, -0.1) is 0 Å². The number of fused-ring (bicyclic) bond motifs is 1. The van der Waals surface area contributed by atoms with Crippen molar-refractivity contribution in [2.45, 2.75) is 0 Å². The van der Waals surface area contributed by atoms with Crippen LogP contribution in [-0.2, 0) is 4.79 Å². The van der Waals surface area contributed by atoms with Gasteiger partial charge in [-0.2, -0.15) is 10.2 Å². The number of rotatable bonds is 7. The van der Waals surface area contributed by atoms with Gasteiger partial charge in [-0.1, -0.05) is 84.9 Å². The van der Waals surface area contributed by atoms with Crippen molar-refractivity contribution in [3.63, 3.8) is 0 Å². The topological polar surface area (TPSA) is 88.4 Å². The van der Waals surface area contributed by atoms with Crippen molar-refractivity contribution in [2.24, 2.45) is 5.10 Å². The molecule has 7 nitrogen and oxygen atoms in total. The monoisotopic (exact) mass is 473 g/mol. The number of amides is 2. The Hall–Kier alpha value is -5.04. The van der Waals surface area contributed by atoms with E-state index in [1.807, 2.05) is 103 Å². The molecule has 1 aromatic heterocycles. The summed E-state index contributed by atoms with van der Waals surface area (Å²) in [5, 5.41) is 13.3. The Morgan fingerprint density at radius 3 is 2.33 bits per heavy atom. The van der Waals surface area contributed by atoms with Crippen LogP contribution in [0.4, 0.5) is 0 Å². The lowest BCUT2D eigenvalue weighted by Gasteiger charge is -2.07. The number of carbonyl (C=O) groups is 2. The minimum atomic E-state index is -0.434. The smallest absolute Gasteiger partial charge is 0.259 e. The highest BCUT2D eigenvalue weighted by Crippen LogP contribution is 2.22. The number of nitrogens with zero attached hydrogens (tertiary/aromatic N) is 3. The lowest BCUT2D eigenvalue weighted by Crippen LogP contribution is -2.35. The second kappa shape index (κ2) is 10.5. The minimum Gasteiger partial charge on any atom is -0.343 e. The molecule has 7 heteroatoms. The van der Waals surface area contributed by atoms with Crippen LogP contribution in [0.3, 0.4) is 0 Å². The molecule has 4 aromatic carbocycles. The van der Waals surface area contributed by atoms with Crippen LogP contribution >= 0.6 is 0 Å². The van der Waals surface area contributed by atoms with E-state index in [4.69, 9.17) is 5.10 Å². The highest BCUT2D eigenvalue weighted by molar-refractivity contribution is 6.07. The fourth-order valence-electron chi connectivity index (χ4n) is 3.91. The van der Waals surface area contributed by atoms with Crippen LogP contribution in [0.15, 0.2) is 114 Å².